The molecule has 2 amide bonds. The van der Waals surface area contributed by atoms with Crippen LogP contribution in [0.2, 0.25) is 0 Å². The zero-order valence-corrected chi connectivity index (χ0v) is 15.1. The molecular formula is C22H20N2O4. The Morgan fingerprint density at radius 2 is 0.964 bits per heavy atom. The molecule has 0 saturated carbocycles. The minimum Gasteiger partial charge on any atom is -0.488 e. The van der Waals surface area contributed by atoms with Gasteiger partial charge in [0.25, 0.3) is 11.8 Å². The van der Waals surface area contributed by atoms with Crippen molar-refractivity contribution in [3.05, 3.63) is 95.1 Å². The fourth-order valence-corrected chi connectivity index (χ4v) is 2.65. The zero-order chi connectivity index (χ0) is 19.9. The summed E-state index contributed by atoms with van der Waals surface area (Å²) in [5.74, 6) is -0.158. The highest BCUT2D eigenvalue weighted by Gasteiger charge is 2.09. The van der Waals surface area contributed by atoms with Crippen LogP contribution >= 0.6 is 0 Å². The van der Waals surface area contributed by atoms with Gasteiger partial charge >= 0.3 is 0 Å². The highest BCUT2D eigenvalue weighted by Crippen LogP contribution is 2.20. The van der Waals surface area contributed by atoms with Crippen LogP contribution in [0.3, 0.4) is 0 Å². The molecule has 3 rings (SSSR count). The van der Waals surface area contributed by atoms with Gasteiger partial charge in [-0.15, -0.1) is 0 Å². The number of carbonyl (C=O) groups excluding carboxylic acids is 2. The topological polar surface area (TPSA) is 105 Å². The number of carbonyl (C=O) groups is 2. The lowest BCUT2D eigenvalue weighted by molar-refractivity contribution is 0.0987. The third-order valence-corrected chi connectivity index (χ3v) is 4.12. The largest absolute Gasteiger partial charge is 0.488 e. The number of nitrogens with two attached hydrogens (primary N) is 2. The van der Waals surface area contributed by atoms with Crippen molar-refractivity contribution < 1.29 is 19.1 Å². The standard InChI is InChI=1S/C22H20N2O4/c23-21(25)17-5-1-3-7-19(17)27-13-15-9-11-16(12-10-15)14-28-20-8-4-2-6-18(20)22(24)26/h1-12H,13-14H2,(H2,23,25)(H2,24,26). The summed E-state index contributed by atoms with van der Waals surface area (Å²) < 4.78 is 11.4. The van der Waals surface area contributed by atoms with Crippen LogP contribution in [0.25, 0.3) is 0 Å². The SMILES string of the molecule is NC(=O)c1ccccc1OCc1ccc(COc2ccccc2C(N)=O)cc1. The van der Waals surface area contributed by atoms with E-state index in [9.17, 15) is 9.59 Å². The van der Waals surface area contributed by atoms with Crippen LogP contribution in [-0.2, 0) is 13.2 Å². The van der Waals surface area contributed by atoms with E-state index in [1.54, 1.807) is 48.5 Å². The van der Waals surface area contributed by atoms with Gasteiger partial charge in [-0.25, -0.2) is 0 Å². The average Bonchev–Trinajstić information content (AvgIpc) is 2.71. The molecule has 6 nitrogen and oxygen atoms in total. The molecule has 0 saturated heterocycles. The van der Waals surface area contributed by atoms with Crippen molar-refractivity contribution in [1.29, 1.82) is 0 Å². The van der Waals surface area contributed by atoms with Crippen molar-refractivity contribution in [2.24, 2.45) is 11.5 Å². The summed E-state index contributed by atoms with van der Waals surface area (Å²) in [7, 11) is 0. The first-order valence-electron chi connectivity index (χ1n) is 8.65. The van der Waals surface area contributed by atoms with E-state index in [2.05, 4.69) is 0 Å². The maximum absolute atomic E-state index is 11.4. The van der Waals surface area contributed by atoms with Gasteiger partial charge in [0.05, 0.1) is 11.1 Å². The number of rotatable bonds is 8. The first kappa shape index (κ1) is 19.0. The molecule has 0 fully saturated rings. The summed E-state index contributed by atoms with van der Waals surface area (Å²) in [6.07, 6.45) is 0. The summed E-state index contributed by atoms with van der Waals surface area (Å²) in [5, 5.41) is 0. The van der Waals surface area contributed by atoms with Gasteiger partial charge in [0, 0.05) is 0 Å². The first-order chi connectivity index (χ1) is 13.5. The Labute approximate surface area is 162 Å². The van der Waals surface area contributed by atoms with Gasteiger partial charge in [0.15, 0.2) is 0 Å². The number of hydrogen-bond donors (Lipinski definition) is 2. The molecule has 0 unspecified atom stereocenters. The molecule has 0 aliphatic rings. The van der Waals surface area contributed by atoms with Gasteiger partial charge in [-0.2, -0.15) is 0 Å². The molecule has 28 heavy (non-hydrogen) atoms. The fraction of sp³-hybridized carbons (Fsp3) is 0.0909. The summed E-state index contributed by atoms with van der Waals surface area (Å²) in [5.41, 5.74) is 13.3. The van der Waals surface area contributed by atoms with Gasteiger partial charge < -0.3 is 20.9 Å². The molecule has 142 valence electrons. The molecule has 4 N–H and O–H groups in total. The molecular weight excluding hydrogens is 356 g/mol. The average molecular weight is 376 g/mol. The van der Waals surface area contributed by atoms with Crippen molar-refractivity contribution in [3.8, 4) is 11.5 Å². The van der Waals surface area contributed by atoms with E-state index in [1.807, 2.05) is 24.3 Å². The zero-order valence-electron chi connectivity index (χ0n) is 15.1. The summed E-state index contributed by atoms with van der Waals surface area (Å²) >= 11 is 0. The summed E-state index contributed by atoms with van der Waals surface area (Å²) in [6.45, 7) is 0.603. The molecule has 0 heterocycles. The van der Waals surface area contributed by atoms with Gasteiger partial charge in [-0.1, -0.05) is 48.5 Å². The van der Waals surface area contributed by atoms with Crippen LogP contribution in [0, 0.1) is 0 Å². The van der Waals surface area contributed by atoms with Crippen LogP contribution in [0.15, 0.2) is 72.8 Å². The van der Waals surface area contributed by atoms with Crippen molar-refractivity contribution >= 4 is 11.8 Å². The molecule has 0 aliphatic heterocycles. The summed E-state index contributed by atoms with van der Waals surface area (Å²) in [4.78, 5) is 22.9. The molecule has 0 atom stereocenters. The molecule has 3 aromatic rings. The van der Waals surface area contributed by atoms with E-state index in [1.165, 1.54) is 0 Å². The van der Waals surface area contributed by atoms with Gasteiger partial charge in [0.2, 0.25) is 0 Å². The van der Waals surface area contributed by atoms with E-state index in [4.69, 9.17) is 20.9 Å². The van der Waals surface area contributed by atoms with Crippen molar-refractivity contribution in [2.75, 3.05) is 0 Å². The predicted molar refractivity (Wildman–Crippen MR) is 105 cm³/mol. The minimum atomic E-state index is -0.528. The lowest BCUT2D eigenvalue weighted by Crippen LogP contribution is -2.13. The summed E-state index contributed by atoms with van der Waals surface area (Å²) in [6, 6.07) is 21.3. The lowest BCUT2D eigenvalue weighted by atomic mass is 10.1. The van der Waals surface area contributed by atoms with E-state index >= 15 is 0 Å². The fourth-order valence-electron chi connectivity index (χ4n) is 2.65. The van der Waals surface area contributed by atoms with E-state index in [0.29, 0.717) is 35.8 Å². The lowest BCUT2D eigenvalue weighted by Gasteiger charge is -2.11. The third kappa shape index (κ3) is 4.67. The predicted octanol–water partition coefficient (Wildman–Crippen LogP) is 3.04. The maximum Gasteiger partial charge on any atom is 0.252 e. The molecule has 0 radical (unpaired) electrons. The number of primary amides is 2. The van der Waals surface area contributed by atoms with Gasteiger partial charge in [0.1, 0.15) is 24.7 Å². The van der Waals surface area contributed by atoms with E-state index < -0.39 is 11.8 Å². The Morgan fingerprint density at radius 3 is 1.32 bits per heavy atom. The Hall–Kier alpha value is -3.80. The molecule has 0 aromatic heterocycles. The van der Waals surface area contributed by atoms with Crippen LogP contribution in [0.1, 0.15) is 31.8 Å². The highest BCUT2D eigenvalue weighted by atomic mass is 16.5. The number of para-hydroxylation sites is 2. The quantitative estimate of drug-likeness (QED) is 0.630. The van der Waals surface area contributed by atoms with Crippen molar-refractivity contribution in [2.45, 2.75) is 13.2 Å². The Balaban J connectivity index is 1.60. The number of benzene rings is 3. The van der Waals surface area contributed by atoms with E-state index in [0.717, 1.165) is 11.1 Å². The normalized spacial score (nSPS) is 10.3. The number of hydrogen-bond acceptors (Lipinski definition) is 4. The minimum absolute atomic E-state index is 0.302. The molecule has 0 spiro atoms. The number of ether oxygens (including phenoxy) is 2. The van der Waals surface area contributed by atoms with E-state index in [-0.39, 0.29) is 0 Å². The second kappa shape index (κ2) is 8.73. The smallest absolute Gasteiger partial charge is 0.252 e. The van der Waals surface area contributed by atoms with Crippen LogP contribution in [0.5, 0.6) is 11.5 Å². The Kier molecular flexibility index (Phi) is 5.91. The van der Waals surface area contributed by atoms with Crippen LogP contribution in [0.4, 0.5) is 0 Å². The molecule has 6 heteroatoms. The monoisotopic (exact) mass is 376 g/mol. The number of amides is 2. The Morgan fingerprint density at radius 1 is 0.607 bits per heavy atom. The third-order valence-electron chi connectivity index (χ3n) is 4.12. The van der Waals surface area contributed by atoms with Crippen molar-refractivity contribution in [3.63, 3.8) is 0 Å². The molecule has 3 aromatic carbocycles. The van der Waals surface area contributed by atoms with Crippen LogP contribution in [-0.4, -0.2) is 11.8 Å². The molecule has 0 aliphatic carbocycles. The second-order valence-corrected chi connectivity index (χ2v) is 6.11. The maximum atomic E-state index is 11.4. The highest BCUT2D eigenvalue weighted by molar-refractivity contribution is 5.96. The van der Waals surface area contributed by atoms with Gasteiger partial charge in [-0.05, 0) is 35.4 Å². The van der Waals surface area contributed by atoms with Crippen LogP contribution < -0.4 is 20.9 Å². The molecule has 0 bridgehead atoms. The van der Waals surface area contributed by atoms with Crippen molar-refractivity contribution in [1.82, 2.24) is 0 Å². The Bertz CT molecular complexity index is 903. The first-order valence-corrected chi connectivity index (χ1v) is 8.65. The second-order valence-electron chi connectivity index (χ2n) is 6.11. The van der Waals surface area contributed by atoms with Gasteiger partial charge in [-0.3, -0.25) is 9.59 Å².